The first-order valence-electron chi connectivity index (χ1n) is 10.9. The summed E-state index contributed by atoms with van der Waals surface area (Å²) in [4.78, 5) is 19.7. The van der Waals surface area contributed by atoms with Crippen molar-refractivity contribution in [1.82, 2.24) is 39.9 Å². The lowest BCUT2D eigenvalue weighted by molar-refractivity contribution is -0.0822. The number of hydrogen-bond donors (Lipinski definition) is 2. The van der Waals surface area contributed by atoms with E-state index in [2.05, 4.69) is 25.6 Å². The van der Waals surface area contributed by atoms with Crippen LogP contribution in [-0.4, -0.2) is 74.9 Å². The summed E-state index contributed by atoms with van der Waals surface area (Å²) in [5.74, 6) is -1.82. The molecule has 2 aromatic heterocycles. The van der Waals surface area contributed by atoms with Gasteiger partial charge in [-0.25, -0.2) is 27.9 Å². The smallest absolute Gasteiger partial charge is 0.327 e. The summed E-state index contributed by atoms with van der Waals surface area (Å²) in [7, 11) is 0. The number of aromatic nitrogens is 7. The first-order chi connectivity index (χ1) is 17.3. The summed E-state index contributed by atoms with van der Waals surface area (Å²) in [5.41, 5.74) is -1.20. The molecule has 14 heteroatoms. The van der Waals surface area contributed by atoms with Gasteiger partial charge in [0, 0.05) is 17.3 Å². The summed E-state index contributed by atoms with van der Waals surface area (Å²) >= 11 is 0. The van der Waals surface area contributed by atoms with Crippen LogP contribution in [0.15, 0.2) is 61.4 Å². The Bertz CT molecular complexity index is 1350. The molecule has 0 spiro atoms. The van der Waals surface area contributed by atoms with Crippen molar-refractivity contribution in [2.24, 2.45) is 0 Å². The Labute approximate surface area is 203 Å². The third-order valence-corrected chi connectivity index (χ3v) is 6.27. The molecular weight excluding hydrogens is 476 g/mol. The molecule has 3 heterocycles. The van der Waals surface area contributed by atoms with Crippen LogP contribution in [0.3, 0.4) is 0 Å². The molecule has 1 aliphatic heterocycles. The molecule has 0 bridgehead atoms. The standard InChI is InChI=1S/C22H21F2N9O3/c1-14(22(36,10-30-12-25-11-27-30)18-7-2-15(23)8-19(18)24)33-20(34)9-31(21(33)35)16-3-5-17(6-4-16)32-13-26-28-29-32/h2-8,11-14,20,34,36H,9-10H2,1H3/t14-,20+,22+/m1/s1. The summed E-state index contributed by atoms with van der Waals surface area (Å²) in [6.07, 6.45) is 2.66. The number of aliphatic hydroxyl groups is 2. The van der Waals surface area contributed by atoms with Crippen LogP contribution in [0.25, 0.3) is 5.69 Å². The highest BCUT2D eigenvalue weighted by Crippen LogP contribution is 2.36. The van der Waals surface area contributed by atoms with Crippen LogP contribution in [-0.2, 0) is 12.1 Å². The topological polar surface area (TPSA) is 138 Å². The van der Waals surface area contributed by atoms with Crippen molar-refractivity contribution in [3.63, 3.8) is 0 Å². The van der Waals surface area contributed by atoms with Crippen LogP contribution in [0.2, 0.25) is 0 Å². The van der Waals surface area contributed by atoms with E-state index < -0.39 is 35.5 Å². The fourth-order valence-electron chi connectivity index (χ4n) is 4.38. The third-order valence-electron chi connectivity index (χ3n) is 6.27. The van der Waals surface area contributed by atoms with E-state index in [9.17, 15) is 23.8 Å². The minimum Gasteiger partial charge on any atom is -0.381 e. The number of nitrogens with zero attached hydrogens (tertiary/aromatic N) is 9. The number of urea groups is 1. The van der Waals surface area contributed by atoms with Crippen LogP contribution >= 0.6 is 0 Å². The normalized spacial score (nSPS) is 18.5. The van der Waals surface area contributed by atoms with Crippen molar-refractivity contribution in [3.8, 4) is 5.69 Å². The van der Waals surface area contributed by atoms with Gasteiger partial charge in [-0.15, -0.1) is 5.10 Å². The summed E-state index contributed by atoms with van der Waals surface area (Å²) in [6.45, 7) is 1.07. The van der Waals surface area contributed by atoms with Crippen LogP contribution in [0, 0.1) is 11.6 Å². The number of hydrogen-bond acceptors (Lipinski definition) is 8. The minimum absolute atomic E-state index is 0.0985. The summed E-state index contributed by atoms with van der Waals surface area (Å²) < 4.78 is 31.2. The SMILES string of the molecule is C[C@@H](N1C(=O)N(c2ccc(-n3cnnn3)cc2)C[C@@H]1O)[C@@](O)(Cn1cncn1)c1ccc(F)cc1F. The lowest BCUT2D eigenvalue weighted by atomic mass is 9.85. The van der Waals surface area contributed by atoms with E-state index in [-0.39, 0.29) is 18.7 Å². The van der Waals surface area contributed by atoms with E-state index in [4.69, 9.17) is 0 Å². The molecule has 2 amide bonds. The van der Waals surface area contributed by atoms with Gasteiger partial charge in [0.05, 0.1) is 24.8 Å². The molecule has 36 heavy (non-hydrogen) atoms. The van der Waals surface area contributed by atoms with E-state index in [1.165, 1.54) is 40.2 Å². The first-order valence-corrected chi connectivity index (χ1v) is 10.9. The third kappa shape index (κ3) is 4.05. The van der Waals surface area contributed by atoms with E-state index in [1.807, 2.05) is 0 Å². The average Bonchev–Trinajstić information content (AvgIpc) is 3.61. The second-order valence-corrected chi connectivity index (χ2v) is 8.37. The molecule has 0 unspecified atom stereocenters. The Kier molecular flexibility index (Phi) is 5.89. The molecular formula is C22H21F2N9O3. The van der Waals surface area contributed by atoms with Crippen molar-refractivity contribution in [1.29, 1.82) is 0 Å². The number of halogens is 2. The fourth-order valence-corrected chi connectivity index (χ4v) is 4.38. The first kappa shape index (κ1) is 23.4. The molecule has 2 aromatic carbocycles. The number of rotatable bonds is 7. The van der Waals surface area contributed by atoms with Gasteiger partial charge in [0.15, 0.2) is 0 Å². The minimum atomic E-state index is -2.10. The quantitative estimate of drug-likeness (QED) is 0.387. The zero-order valence-corrected chi connectivity index (χ0v) is 18.9. The number of anilines is 1. The van der Waals surface area contributed by atoms with Crippen LogP contribution < -0.4 is 4.90 Å². The number of carbonyl (C=O) groups excluding carboxylic acids is 1. The summed E-state index contributed by atoms with van der Waals surface area (Å²) in [6, 6.07) is 7.74. The van der Waals surface area contributed by atoms with E-state index in [0.29, 0.717) is 17.4 Å². The van der Waals surface area contributed by atoms with Gasteiger partial charge in [0.1, 0.15) is 42.4 Å². The van der Waals surface area contributed by atoms with Crippen LogP contribution in [0.5, 0.6) is 0 Å². The summed E-state index contributed by atoms with van der Waals surface area (Å²) in [5, 5.41) is 37.6. The van der Waals surface area contributed by atoms with Gasteiger partial charge in [-0.2, -0.15) is 5.10 Å². The largest absolute Gasteiger partial charge is 0.381 e. The van der Waals surface area contributed by atoms with Crippen molar-refractivity contribution < 1.29 is 23.8 Å². The second kappa shape index (κ2) is 9.05. The Morgan fingerprint density at radius 3 is 2.53 bits per heavy atom. The molecule has 4 aromatic rings. The highest BCUT2D eigenvalue weighted by molar-refractivity contribution is 5.94. The molecule has 1 aliphatic rings. The number of carbonyl (C=O) groups is 1. The predicted molar refractivity (Wildman–Crippen MR) is 119 cm³/mol. The van der Waals surface area contributed by atoms with Crippen molar-refractivity contribution in [2.75, 3.05) is 11.4 Å². The van der Waals surface area contributed by atoms with Crippen molar-refractivity contribution >= 4 is 11.7 Å². The highest BCUT2D eigenvalue weighted by Gasteiger charge is 2.49. The van der Waals surface area contributed by atoms with Crippen LogP contribution in [0.1, 0.15) is 12.5 Å². The van der Waals surface area contributed by atoms with Crippen molar-refractivity contribution in [2.45, 2.75) is 31.3 Å². The number of amides is 2. The molecule has 1 fully saturated rings. The number of benzene rings is 2. The highest BCUT2D eigenvalue weighted by atomic mass is 19.1. The van der Waals surface area contributed by atoms with Gasteiger partial charge in [0.2, 0.25) is 0 Å². The van der Waals surface area contributed by atoms with E-state index in [1.54, 1.807) is 24.3 Å². The fraction of sp³-hybridized carbons (Fsp3) is 0.273. The number of tetrazole rings is 1. The van der Waals surface area contributed by atoms with Gasteiger partial charge < -0.3 is 10.2 Å². The molecule has 0 aliphatic carbocycles. The van der Waals surface area contributed by atoms with Gasteiger partial charge >= 0.3 is 6.03 Å². The molecule has 0 saturated carbocycles. The Morgan fingerprint density at radius 1 is 1.14 bits per heavy atom. The predicted octanol–water partition coefficient (Wildman–Crippen LogP) is 1.07. The number of β-amino-alcohol motifs (C(OH)–C–C–N with tert-alkyl or cyclic N) is 1. The second-order valence-electron chi connectivity index (χ2n) is 8.37. The molecule has 2 N–H and O–H groups in total. The van der Waals surface area contributed by atoms with E-state index >= 15 is 0 Å². The maximum atomic E-state index is 14.9. The lowest BCUT2D eigenvalue weighted by Crippen LogP contribution is -2.55. The van der Waals surface area contributed by atoms with Gasteiger partial charge in [0.25, 0.3) is 0 Å². The lowest BCUT2D eigenvalue weighted by Gasteiger charge is -2.40. The van der Waals surface area contributed by atoms with Gasteiger partial charge in [-0.05, 0) is 47.7 Å². The zero-order valence-electron chi connectivity index (χ0n) is 18.9. The molecule has 1 saturated heterocycles. The molecule has 3 atom stereocenters. The molecule has 5 rings (SSSR count). The Morgan fingerprint density at radius 2 is 1.89 bits per heavy atom. The molecule has 12 nitrogen and oxygen atoms in total. The maximum absolute atomic E-state index is 14.9. The molecule has 0 radical (unpaired) electrons. The zero-order chi connectivity index (χ0) is 25.4. The Hall–Kier alpha value is -4.30. The maximum Gasteiger partial charge on any atom is 0.327 e. The monoisotopic (exact) mass is 497 g/mol. The molecule has 186 valence electrons. The van der Waals surface area contributed by atoms with E-state index in [0.717, 1.165) is 17.0 Å². The average molecular weight is 497 g/mol. The van der Waals surface area contributed by atoms with Gasteiger partial charge in [-0.1, -0.05) is 6.07 Å². The van der Waals surface area contributed by atoms with Crippen molar-refractivity contribution in [3.05, 3.63) is 78.6 Å². The van der Waals surface area contributed by atoms with Gasteiger partial charge in [-0.3, -0.25) is 9.80 Å². The van der Waals surface area contributed by atoms with Crippen LogP contribution in [0.4, 0.5) is 19.3 Å². The Balaban J connectivity index is 1.46. The number of aliphatic hydroxyl groups excluding tert-OH is 1.